The molecule has 2 heteroatoms. The first kappa shape index (κ1) is 10.1. The second-order valence-electron chi connectivity index (χ2n) is 3.35. The lowest BCUT2D eigenvalue weighted by Gasteiger charge is -2.16. The van der Waals surface area contributed by atoms with Crippen LogP contribution in [-0.2, 0) is 0 Å². The molecule has 1 aromatic rings. The molecule has 0 spiro atoms. The minimum Gasteiger partial charge on any atom is -0.381 e. The summed E-state index contributed by atoms with van der Waals surface area (Å²) < 4.78 is 0. The van der Waals surface area contributed by atoms with Crippen molar-refractivity contribution in [3.8, 4) is 0 Å². The Hall–Kier alpha value is -1.02. The molecule has 13 heavy (non-hydrogen) atoms. The maximum absolute atomic E-state index is 5.61. The van der Waals surface area contributed by atoms with Gasteiger partial charge >= 0.3 is 0 Å². The van der Waals surface area contributed by atoms with E-state index in [9.17, 15) is 0 Å². The monoisotopic (exact) mass is 178 g/mol. The lowest BCUT2D eigenvalue weighted by Crippen LogP contribution is -2.27. The normalized spacial score (nSPS) is 12.5. The third-order valence-electron chi connectivity index (χ3n) is 2.17. The zero-order chi connectivity index (χ0) is 9.68. The number of nitrogens with one attached hydrogen (secondary N) is 1. The fraction of sp³-hybridized carbons (Fsp3) is 0.455. The molecule has 3 N–H and O–H groups in total. The topological polar surface area (TPSA) is 38.0 Å². The first-order valence-corrected chi connectivity index (χ1v) is 4.79. The summed E-state index contributed by atoms with van der Waals surface area (Å²) in [6.45, 7) is 4.92. The summed E-state index contributed by atoms with van der Waals surface area (Å²) in [5.41, 5.74) is 8.05. The Morgan fingerprint density at radius 1 is 1.46 bits per heavy atom. The highest BCUT2D eigenvalue weighted by molar-refractivity contribution is 5.46. The van der Waals surface area contributed by atoms with Crippen LogP contribution in [0.3, 0.4) is 0 Å². The summed E-state index contributed by atoms with van der Waals surface area (Å²) >= 11 is 0. The molecule has 1 unspecified atom stereocenters. The van der Waals surface area contributed by atoms with Crippen molar-refractivity contribution in [3.05, 3.63) is 29.8 Å². The van der Waals surface area contributed by atoms with Crippen LogP contribution in [0.1, 0.15) is 18.9 Å². The summed E-state index contributed by atoms with van der Waals surface area (Å²) in [7, 11) is 0. The molecular formula is C11H18N2. The number of rotatable bonds is 4. The van der Waals surface area contributed by atoms with E-state index in [1.54, 1.807) is 0 Å². The summed E-state index contributed by atoms with van der Waals surface area (Å²) in [6.07, 6.45) is 1.06. The lowest BCUT2D eigenvalue weighted by molar-refractivity contribution is 0.703. The summed E-state index contributed by atoms with van der Waals surface area (Å²) in [6, 6.07) is 8.75. The van der Waals surface area contributed by atoms with Crippen molar-refractivity contribution >= 4 is 5.69 Å². The van der Waals surface area contributed by atoms with Gasteiger partial charge in [-0.05, 0) is 31.0 Å². The molecule has 72 valence electrons. The molecule has 0 bridgehead atoms. The number of aryl methyl sites for hydroxylation is 1. The molecule has 0 aromatic heterocycles. The van der Waals surface area contributed by atoms with E-state index in [0.717, 1.165) is 12.1 Å². The SMILES string of the molecule is CCC(CN)Nc1cccc(C)c1. The van der Waals surface area contributed by atoms with Gasteiger partial charge in [-0.1, -0.05) is 19.1 Å². The number of anilines is 1. The third kappa shape index (κ3) is 3.07. The van der Waals surface area contributed by atoms with Gasteiger partial charge in [0.1, 0.15) is 0 Å². The summed E-state index contributed by atoms with van der Waals surface area (Å²) in [4.78, 5) is 0. The molecule has 2 nitrogen and oxygen atoms in total. The van der Waals surface area contributed by atoms with E-state index in [4.69, 9.17) is 5.73 Å². The quantitative estimate of drug-likeness (QED) is 0.741. The van der Waals surface area contributed by atoms with Crippen molar-refractivity contribution < 1.29 is 0 Å². The molecule has 1 aromatic carbocycles. The largest absolute Gasteiger partial charge is 0.381 e. The molecule has 0 saturated heterocycles. The zero-order valence-corrected chi connectivity index (χ0v) is 8.38. The van der Waals surface area contributed by atoms with Crippen LogP contribution in [0.15, 0.2) is 24.3 Å². The first-order chi connectivity index (χ1) is 6.26. The van der Waals surface area contributed by atoms with Gasteiger partial charge in [-0.25, -0.2) is 0 Å². The Labute approximate surface area is 80.1 Å². The van der Waals surface area contributed by atoms with Crippen LogP contribution in [0, 0.1) is 6.92 Å². The van der Waals surface area contributed by atoms with Gasteiger partial charge in [0.15, 0.2) is 0 Å². The van der Waals surface area contributed by atoms with Crippen LogP contribution in [0.5, 0.6) is 0 Å². The molecular weight excluding hydrogens is 160 g/mol. The van der Waals surface area contributed by atoms with Crippen LogP contribution in [0.2, 0.25) is 0 Å². The second kappa shape index (κ2) is 4.87. The standard InChI is InChI=1S/C11H18N2/c1-3-10(8-12)13-11-6-4-5-9(2)7-11/h4-7,10,13H,3,8,12H2,1-2H3. The number of nitrogens with two attached hydrogens (primary N) is 1. The molecule has 1 rings (SSSR count). The molecule has 0 aliphatic rings. The average molecular weight is 178 g/mol. The number of hydrogen-bond donors (Lipinski definition) is 2. The van der Waals surface area contributed by atoms with Gasteiger partial charge in [-0.2, -0.15) is 0 Å². The van der Waals surface area contributed by atoms with Crippen LogP contribution in [0.4, 0.5) is 5.69 Å². The van der Waals surface area contributed by atoms with Crippen LogP contribution >= 0.6 is 0 Å². The third-order valence-corrected chi connectivity index (χ3v) is 2.17. The highest BCUT2D eigenvalue weighted by Crippen LogP contribution is 2.11. The summed E-state index contributed by atoms with van der Waals surface area (Å²) in [5.74, 6) is 0. The van der Waals surface area contributed by atoms with E-state index >= 15 is 0 Å². The number of benzene rings is 1. The maximum Gasteiger partial charge on any atom is 0.0381 e. The lowest BCUT2D eigenvalue weighted by atomic mass is 10.2. The molecule has 0 aliphatic carbocycles. The smallest absolute Gasteiger partial charge is 0.0381 e. The zero-order valence-electron chi connectivity index (χ0n) is 8.38. The van der Waals surface area contributed by atoms with Gasteiger partial charge in [0.2, 0.25) is 0 Å². The van der Waals surface area contributed by atoms with Crippen LogP contribution in [0.25, 0.3) is 0 Å². The van der Waals surface area contributed by atoms with E-state index in [-0.39, 0.29) is 0 Å². The number of hydrogen-bond acceptors (Lipinski definition) is 2. The molecule has 0 saturated carbocycles. The Kier molecular flexibility index (Phi) is 3.77. The van der Waals surface area contributed by atoms with Crippen LogP contribution < -0.4 is 11.1 Å². The molecule has 0 fully saturated rings. The fourth-order valence-electron chi connectivity index (χ4n) is 1.30. The van der Waals surface area contributed by atoms with Gasteiger partial charge < -0.3 is 11.1 Å². The molecule has 0 aliphatic heterocycles. The van der Waals surface area contributed by atoms with Gasteiger partial charge in [-0.15, -0.1) is 0 Å². The first-order valence-electron chi connectivity index (χ1n) is 4.79. The van der Waals surface area contributed by atoms with E-state index in [1.165, 1.54) is 5.56 Å². The van der Waals surface area contributed by atoms with Crippen molar-refractivity contribution in [3.63, 3.8) is 0 Å². The van der Waals surface area contributed by atoms with Crippen molar-refractivity contribution in [2.75, 3.05) is 11.9 Å². The molecule has 0 heterocycles. The second-order valence-corrected chi connectivity index (χ2v) is 3.35. The summed E-state index contributed by atoms with van der Waals surface area (Å²) in [5, 5.41) is 3.39. The average Bonchev–Trinajstić information content (AvgIpc) is 2.14. The molecule has 0 amide bonds. The van der Waals surface area contributed by atoms with E-state index in [0.29, 0.717) is 12.6 Å². The van der Waals surface area contributed by atoms with Gasteiger partial charge in [0.25, 0.3) is 0 Å². The highest BCUT2D eigenvalue weighted by Gasteiger charge is 2.02. The Morgan fingerprint density at radius 2 is 2.23 bits per heavy atom. The van der Waals surface area contributed by atoms with Crippen LogP contribution in [-0.4, -0.2) is 12.6 Å². The Morgan fingerprint density at radius 3 is 2.77 bits per heavy atom. The minimum atomic E-state index is 0.391. The van der Waals surface area contributed by atoms with E-state index in [2.05, 4.69) is 43.4 Å². The maximum atomic E-state index is 5.61. The highest BCUT2D eigenvalue weighted by atomic mass is 14.9. The van der Waals surface area contributed by atoms with Gasteiger partial charge in [0, 0.05) is 18.3 Å². The Bertz CT molecular complexity index is 254. The van der Waals surface area contributed by atoms with Crippen molar-refractivity contribution in [1.82, 2.24) is 0 Å². The van der Waals surface area contributed by atoms with E-state index in [1.807, 2.05) is 0 Å². The molecule has 1 atom stereocenters. The van der Waals surface area contributed by atoms with E-state index < -0.39 is 0 Å². The predicted molar refractivity (Wildman–Crippen MR) is 57.9 cm³/mol. The molecule has 0 radical (unpaired) electrons. The fourth-order valence-corrected chi connectivity index (χ4v) is 1.30. The van der Waals surface area contributed by atoms with Gasteiger partial charge in [0.05, 0.1) is 0 Å². The van der Waals surface area contributed by atoms with Crippen molar-refractivity contribution in [1.29, 1.82) is 0 Å². The van der Waals surface area contributed by atoms with Crippen molar-refractivity contribution in [2.24, 2.45) is 5.73 Å². The van der Waals surface area contributed by atoms with Crippen molar-refractivity contribution in [2.45, 2.75) is 26.3 Å². The predicted octanol–water partition coefficient (Wildman–Crippen LogP) is 2.14. The van der Waals surface area contributed by atoms with Gasteiger partial charge in [-0.3, -0.25) is 0 Å². The Balaban J connectivity index is 2.62. The minimum absolute atomic E-state index is 0.391.